The van der Waals surface area contributed by atoms with Crippen molar-refractivity contribution in [1.82, 2.24) is 9.80 Å². The molecule has 6 nitrogen and oxygen atoms in total. The molecule has 2 aromatic carbocycles. The van der Waals surface area contributed by atoms with E-state index >= 15 is 0 Å². The number of hydrogen-bond donors (Lipinski definition) is 0. The first-order valence-corrected chi connectivity index (χ1v) is 9.91. The van der Waals surface area contributed by atoms with Gasteiger partial charge in [-0.05, 0) is 36.8 Å². The minimum absolute atomic E-state index is 0.0304. The number of urea groups is 1. The largest absolute Gasteiger partial charge is 0.493 e. The maximum atomic E-state index is 13.2. The number of methoxy groups -OCH3 is 1. The first-order chi connectivity index (χ1) is 15.2. The topological polar surface area (TPSA) is 54.4 Å². The Labute approximate surface area is 184 Å². The number of amides is 2. The molecule has 3 rings (SSSR count). The van der Waals surface area contributed by atoms with Gasteiger partial charge in [0.25, 0.3) is 0 Å². The van der Waals surface area contributed by atoms with Crippen LogP contribution >= 0.6 is 0 Å². The monoisotopic (exact) mass is 447 g/mol. The Morgan fingerprint density at radius 2 is 1.84 bits per heavy atom. The molecule has 0 saturated carbocycles. The highest BCUT2D eigenvalue weighted by Crippen LogP contribution is 2.34. The molecule has 0 radical (unpaired) electrons. The van der Waals surface area contributed by atoms with E-state index in [0.29, 0.717) is 29.6 Å². The van der Waals surface area contributed by atoms with Crippen LogP contribution in [0.3, 0.4) is 0 Å². The van der Waals surface area contributed by atoms with Crippen LogP contribution in [0.25, 0.3) is 6.08 Å². The van der Waals surface area contributed by atoms with E-state index in [1.54, 1.807) is 43.3 Å². The summed E-state index contributed by atoms with van der Waals surface area (Å²) in [7, 11) is 4.74. The van der Waals surface area contributed by atoms with E-state index < -0.39 is 11.7 Å². The van der Waals surface area contributed by atoms with Crippen molar-refractivity contribution in [2.24, 2.45) is 4.99 Å². The van der Waals surface area contributed by atoms with Gasteiger partial charge in [-0.1, -0.05) is 24.3 Å². The molecule has 32 heavy (non-hydrogen) atoms. The predicted molar refractivity (Wildman–Crippen MR) is 116 cm³/mol. The molecule has 0 atom stereocenters. The lowest BCUT2D eigenvalue weighted by atomic mass is 10.1. The lowest BCUT2D eigenvalue weighted by Gasteiger charge is -2.15. The molecule has 1 aliphatic heterocycles. The fraction of sp³-hybridized carbons (Fsp3) is 0.304. The Morgan fingerprint density at radius 1 is 1.12 bits per heavy atom. The van der Waals surface area contributed by atoms with Gasteiger partial charge < -0.3 is 9.47 Å². The number of alkyl halides is 3. The van der Waals surface area contributed by atoms with Gasteiger partial charge in [-0.15, -0.1) is 0 Å². The third-order valence-electron chi connectivity index (χ3n) is 5.09. The molecule has 0 N–H and O–H groups in total. The van der Waals surface area contributed by atoms with E-state index in [2.05, 4.69) is 4.99 Å². The molecular weight excluding hydrogens is 423 g/mol. The van der Waals surface area contributed by atoms with Crippen molar-refractivity contribution in [2.75, 3.05) is 27.7 Å². The van der Waals surface area contributed by atoms with Gasteiger partial charge in [-0.25, -0.2) is 4.79 Å². The second kappa shape index (κ2) is 9.33. The highest BCUT2D eigenvalue weighted by atomic mass is 19.4. The molecule has 1 fully saturated rings. The van der Waals surface area contributed by atoms with Gasteiger partial charge in [0.05, 0.1) is 18.4 Å². The first kappa shape index (κ1) is 23.2. The average Bonchev–Trinajstić information content (AvgIpc) is 3.01. The lowest BCUT2D eigenvalue weighted by Crippen LogP contribution is -2.31. The Hall–Kier alpha value is -3.49. The SMILES string of the molecule is CCN1C(=O)N(C)C(=Cc2ccc(OCc3ccccc3C(F)(F)F)c(OC)c2)C1=NC. The molecular formula is C23H24F3N3O3. The molecule has 1 aliphatic rings. The molecule has 1 heterocycles. The highest BCUT2D eigenvalue weighted by molar-refractivity contribution is 6.16. The summed E-state index contributed by atoms with van der Waals surface area (Å²) in [6, 6.07) is 10.2. The number of halogens is 3. The number of benzene rings is 2. The quantitative estimate of drug-likeness (QED) is 0.623. The summed E-state index contributed by atoms with van der Waals surface area (Å²) >= 11 is 0. The van der Waals surface area contributed by atoms with Crippen LogP contribution in [0, 0.1) is 0 Å². The summed E-state index contributed by atoms with van der Waals surface area (Å²) in [6.45, 7) is 2.09. The summed E-state index contributed by atoms with van der Waals surface area (Å²) in [6.07, 6.45) is -2.67. The number of hydrogen-bond acceptors (Lipinski definition) is 4. The molecule has 0 bridgehead atoms. The number of aliphatic imine (C=N–C) groups is 1. The van der Waals surface area contributed by atoms with Crippen LogP contribution in [0.5, 0.6) is 11.5 Å². The van der Waals surface area contributed by atoms with E-state index in [1.807, 2.05) is 6.92 Å². The zero-order valence-corrected chi connectivity index (χ0v) is 18.2. The van der Waals surface area contributed by atoms with E-state index in [0.717, 1.165) is 11.6 Å². The minimum atomic E-state index is -4.46. The van der Waals surface area contributed by atoms with Crippen LogP contribution in [-0.2, 0) is 12.8 Å². The standard InChI is InChI=1S/C23H24F3N3O3/c1-5-29-21(27-2)18(28(3)22(29)30)12-15-10-11-19(20(13-15)31-4)32-14-16-8-6-7-9-17(16)23(24,25)26/h6-13H,5,14H2,1-4H3. The third-order valence-corrected chi connectivity index (χ3v) is 5.09. The van der Waals surface area contributed by atoms with Gasteiger partial charge in [0, 0.05) is 26.2 Å². The van der Waals surface area contributed by atoms with E-state index in [4.69, 9.17) is 9.47 Å². The summed E-state index contributed by atoms with van der Waals surface area (Å²) in [5, 5.41) is 0. The Kier molecular flexibility index (Phi) is 6.76. The third kappa shape index (κ3) is 4.56. The van der Waals surface area contributed by atoms with E-state index in [1.165, 1.54) is 30.2 Å². The molecule has 1 saturated heterocycles. The normalized spacial score (nSPS) is 16.9. The molecule has 0 aliphatic carbocycles. The average molecular weight is 447 g/mol. The fourth-order valence-electron chi connectivity index (χ4n) is 3.47. The van der Waals surface area contributed by atoms with E-state index in [9.17, 15) is 18.0 Å². The molecule has 170 valence electrons. The highest BCUT2D eigenvalue weighted by Gasteiger charge is 2.35. The fourth-order valence-corrected chi connectivity index (χ4v) is 3.47. The zero-order valence-electron chi connectivity index (χ0n) is 18.2. The number of likely N-dealkylation sites (N-methyl/N-ethyl adjacent to an activating group) is 2. The van der Waals surface area contributed by atoms with Crippen molar-refractivity contribution >= 4 is 17.9 Å². The molecule has 9 heteroatoms. The van der Waals surface area contributed by atoms with Crippen LogP contribution in [0.1, 0.15) is 23.6 Å². The first-order valence-electron chi connectivity index (χ1n) is 9.91. The maximum Gasteiger partial charge on any atom is 0.416 e. The van der Waals surface area contributed by atoms with Gasteiger partial charge in [-0.2, -0.15) is 13.2 Å². The predicted octanol–water partition coefficient (Wildman–Crippen LogP) is 5.05. The van der Waals surface area contributed by atoms with Gasteiger partial charge >= 0.3 is 12.2 Å². The molecule has 0 aromatic heterocycles. The Bertz CT molecular complexity index is 1060. The van der Waals surface area contributed by atoms with Crippen molar-refractivity contribution in [3.63, 3.8) is 0 Å². The van der Waals surface area contributed by atoms with Gasteiger partial charge in [0.1, 0.15) is 6.61 Å². The van der Waals surface area contributed by atoms with E-state index in [-0.39, 0.29) is 18.2 Å². The summed E-state index contributed by atoms with van der Waals surface area (Å²) in [5.74, 6) is 1.23. The molecule has 2 amide bonds. The molecule has 0 unspecified atom stereocenters. The van der Waals surface area contributed by atoms with Crippen LogP contribution < -0.4 is 9.47 Å². The number of carbonyl (C=O) groups is 1. The number of amidine groups is 1. The summed E-state index contributed by atoms with van der Waals surface area (Å²) in [4.78, 5) is 19.7. The minimum Gasteiger partial charge on any atom is -0.493 e. The second-order valence-electron chi connectivity index (χ2n) is 7.02. The lowest BCUT2D eigenvalue weighted by molar-refractivity contribution is -0.138. The van der Waals surface area contributed by atoms with Gasteiger partial charge in [-0.3, -0.25) is 14.8 Å². The van der Waals surface area contributed by atoms with Crippen molar-refractivity contribution in [3.8, 4) is 11.5 Å². The number of ether oxygens (including phenoxy) is 2. The van der Waals surface area contributed by atoms with Crippen molar-refractivity contribution in [2.45, 2.75) is 19.7 Å². The maximum absolute atomic E-state index is 13.2. The van der Waals surface area contributed by atoms with Crippen LogP contribution in [0.4, 0.5) is 18.0 Å². The molecule has 2 aromatic rings. The second-order valence-corrected chi connectivity index (χ2v) is 7.02. The number of nitrogens with zero attached hydrogens (tertiary/aromatic N) is 3. The molecule has 0 spiro atoms. The van der Waals surface area contributed by atoms with Crippen LogP contribution in [0.15, 0.2) is 53.2 Å². The smallest absolute Gasteiger partial charge is 0.416 e. The number of carbonyl (C=O) groups excluding carboxylic acids is 1. The van der Waals surface area contributed by atoms with Crippen molar-refractivity contribution in [1.29, 1.82) is 0 Å². The van der Waals surface area contributed by atoms with Crippen LogP contribution in [-0.4, -0.2) is 49.4 Å². The van der Waals surface area contributed by atoms with Crippen molar-refractivity contribution in [3.05, 3.63) is 64.9 Å². The van der Waals surface area contributed by atoms with Crippen molar-refractivity contribution < 1.29 is 27.4 Å². The Morgan fingerprint density at radius 3 is 2.47 bits per heavy atom. The van der Waals surface area contributed by atoms with Gasteiger partial charge in [0.15, 0.2) is 17.3 Å². The van der Waals surface area contributed by atoms with Gasteiger partial charge in [0.2, 0.25) is 0 Å². The number of rotatable bonds is 6. The zero-order chi connectivity index (χ0) is 23.5. The summed E-state index contributed by atoms with van der Waals surface area (Å²) in [5.41, 5.74) is 0.650. The summed E-state index contributed by atoms with van der Waals surface area (Å²) < 4.78 is 50.7. The van der Waals surface area contributed by atoms with Crippen LogP contribution in [0.2, 0.25) is 0 Å². The Balaban J connectivity index is 1.87.